The van der Waals surface area contributed by atoms with Crippen LogP contribution < -0.4 is 4.74 Å². The highest BCUT2D eigenvalue weighted by molar-refractivity contribution is 9.10. The van der Waals surface area contributed by atoms with Gasteiger partial charge in [-0.2, -0.15) is 0 Å². The van der Waals surface area contributed by atoms with Crippen LogP contribution in [0.25, 0.3) is 0 Å². The van der Waals surface area contributed by atoms with Crippen LogP contribution in [0, 0.1) is 6.92 Å². The normalized spacial score (nSPS) is 17.8. The standard InChI is InChI=1S/C16H13BrO2/c1-10-7-16-12(8-13(10)17)14(18)9-15(19-16)11-5-3-2-4-6-11/h2-8,15H,9H2,1H3/t15-/m1/s1. The SMILES string of the molecule is Cc1cc2c(cc1Br)C(=O)C[C@H](c1ccccc1)O2. The number of Topliss-reactive ketones (excluding diaryl/α,β-unsaturated/α-hetero) is 1. The minimum absolute atomic E-state index is 0.135. The third-order valence-electron chi connectivity index (χ3n) is 3.37. The summed E-state index contributed by atoms with van der Waals surface area (Å²) in [7, 11) is 0. The second kappa shape index (κ2) is 4.82. The second-order valence-electron chi connectivity index (χ2n) is 4.74. The van der Waals surface area contributed by atoms with Crippen LogP contribution in [-0.4, -0.2) is 5.78 Å². The number of fused-ring (bicyclic) bond motifs is 1. The van der Waals surface area contributed by atoms with E-state index in [1.165, 1.54) is 0 Å². The highest BCUT2D eigenvalue weighted by Gasteiger charge is 2.28. The van der Waals surface area contributed by atoms with Gasteiger partial charge in [0.2, 0.25) is 0 Å². The van der Waals surface area contributed by atoms with Crippen LogP contribution in [0.2, 0.25) is 0 Å². The molecular formula is C16H13BrO2. The maximum atomic E-state index is 12.2. The Bertz CT molecular complexity index is 635. The van der Waals surface area contributed by atoms with E-state index < -0.39 is 0 Å². The predicted molar refractivity (Wildman–Crippen MR) is 77.6 cm³/mol. The molecule has 0 saturated heterocycles. The molecule has 0 fully saturated rings. The number of carbonyl (C=O) groups excluding carboxylic acids is 1. The number of ketones is 1. The van der Waals surface area contributed by atoms with Gasteiger partial charge in [0.1, 0.15) is 11.9 Å². The Hall–Kier alpha value is -1.61. The summed E-state index contributed by atoms with van der Waals surface area (Å²) in [5, 5.41) is 0. The third-order valence-corrected chi connectivity index (χ3v) is 4.23. The van der Waals surface area contributed by atoms with Gasteiger partial charge in [0.05, 0.1) is 12.0 Å². The van der Waals surface area contributed by atoms with Crippen molar-refractivity contribution in [2.45, 2.75) is 19.4 Å². The van der Waals surface area contributed by atoms with Crippen LogP contribution in [0.1, 0.15) is 34.0 Å². The van der Waals surface area contributed by atoms with Crippen molar-refractivity contribution in [3.63, 3.8) is 0 Å². The molecule has 2 nitrogen and oxygen atoms in total. The van der Waals surface area contributed by atoms with Gasteiger partial charge in [0, 0.05) is 4.47 Å². The summed E-state index contributed by atoms with van der Waals surface area (Å²) in [6.45, 7) is 1.99. The molecule has 1 heterocycles. The summed E-state index contributed by atoms with van der Waals surface area (Å²) in [5.41, 5.74) is 2.78. The monoisotopic (exact) mass is 316 g/mol. The first-order chi connectivity index (χ1) is 9.15. The van der Waals surface area contributed by atoms with Crippen molar-refractivity contribution in [3.05, 3.63) is 63.6 Å². The molecule has 0 aromatic heterocycles. The van der Waals surface area contributed by atoms with Crippen LogP contribution in [0.3, 0.4) is 0 Å². The number of benzene rings is 2. The summed E-state index contributed by atoms with van der Waals surface area (Å²) in [4.78, 5) is 12.2. The molecule has 3 heteroatoms. The van der Waals surface area contributed by atoms with E-state index in [9.17, 15) is 4.79 Å². The van der Waals surface area contributed by atoms with Gasteiger partial charge in [0.25, 0.3) is 0 Å². The Morgan fingerprint density at radius 3 is 2.68 bits per heavy atom. The molecule has 1 aliphatic heterocycles. The van der Waals surface area contributed by atoms with Crippen molar-refractivity contribution >= 4 is 21.7 Å². The summed E-state index contributed by atoms with van der Waals surface area (Å²) in [6.07, 6.45) is 0.216. The smallest absolute Gasteiger partial charge is 0.170 e. The topological polar surface area (TPSA) is 26.3 Å². The van der Waals surface area contributed by atoms with Gasteiger partial charge in [-0.05, 0) is 30.2 Å². The van der Waals surface area contributed by atoms with E-state index in [4.69, 9.17) is 4.74 Å². The molecule has 0 bridgehead atoms. The fourth-order valence-electron chi connectivity index (χ4n) is 2.30. The minimum Gasteiger partial charge on any atom is -0.484 e. The zero-order valence-corrected chi connectivity index (χ0v) is 12.1. The highest BCUT2D eigenvalue weighted by Crippen LogP contribution is 2.37. The first-order valence-corrected chi connectivity index (χ1v) is 6.99. The summed E-state index contributed by atoms with van der Waals surface area (Å²) >= 11 is 3.45. The molecule has 0 N–H and O–H groups in total. The largest absolute Gasteiger partial charge is 0.484 e. The van der Waals surface area contributed by atoms with E-state index in [-0.39, 0.29) is 11.9 Å². The maximum absolute atomic E-state index is 12.2. The minimum atomic E-state index is -0.179. The van der Waals surface area contributed by atoms with E-state index >= 15 is 0 Å². The molecule has 0 spiro atoms. The number of carbonyl (C=O) groups is 1. The molecular weight excluding hydrogens is 304 g/mol. The van der Waals surface area contributed by atoms with Gasteiger partial charge >= 0.3 is 0 Å². The average molecular weight is 317 g/mol. The Balaban J connectivity index is 2.00. The van der Waals surface area contributed by atoms with Gasteiger partial charge in [-0.1, -0.05) is 46.3 Å². The molecule has 19 heavy (non-hydrogen) atoms. The van der Waals surface area contributed by atoms with Crippen molar-refractivity contribution in [3.8, 4) is 5.75 Å². The van der Waals surface area contributed by atoms with Crippen molar-refractivity contribution in [1.29, 1.82) is 0 Å². The molecule has 2 aromatic rings. The molecule has 1 atom stereocenters. The third kappa shape index (κ3) is 2.30. The molecule has 2 aromatic carbocycles. The molecule has 1 aliphatic rings. The summed E-state index contributed by atoms with van der Waals surface area (Å²) in [5.74, 6) is 0.821. The van der Waals surface area contributed by atoms with E-state index in [0.717, 1.165) is 15.6 Å². The zero-order valence-electron chi connectivity index (χ0n) is 10.5. The second-order valence-corrected chi connectivity index (χ2v) is 5.60. The first-order valence-electron chi connectivity index (χ1n) is 6.20. The molecule has 0 amide bonds. The molecule has 0 saturated carbocycles. The zero-order chi connectivity index (χ0) is 13.4. The number of halogens is 1. The first kappa shape index (κ1) is 12.4. The summed E-state index contributed by atoms with van der Waals surface area (Å²) in [6, 6.07) is 13.7. The lowest BCUT2D eigenvalue weighted by atomic mass is 9.95. The molecule has 0 radical (unpaired) electrons. The lowest BCUT2D eigenvalue weighted by Gasteiger charge is -2.26. The molecule has 96 valence electrons. The molecule has 0 unspecified atom stereocenters. The van der Waals surface area contributed by atoms with Crippen LogP contribution in [0.5, 0.6) is 5.75 Å². The van der Waals surface area contributed by atoms with Crippen LogP contribution in [0.15, 0.2) is 46.9 Å². The maximum Gasteiger partial charge on any atom is 0.170 e. The molecule has 0 aliphatic carbocycles. The van der Waals surface area contributed by atoms with Crippen molar-refractivity contribution in [2.24, 2.45) is 0 Å². The van der Waals surface area contributed by atoms with E-state index in [0.29, 0.717) is 17.7 Å². The lowest BCUT2D eigenvalue weighted by molar-refractivity contribution is 0.0850. The Kier molecular flexibility index (Phi) is 3.15. The van der Waals surface area contributed by atoms with Gasteiger partial charge in [-0.15, -0.1) is 0 Å². The van der Waals surface area contributed by atoms with E-state index in [1.54, 1.807) is 0 Å². The number of ether oxygens (including phenoxy) is 1. The quantitative estimate of drug-likeness (QED) is 0.776. The number of aryl methyl sites for hydroxylation is 1. The fourth-order valence-corrected chi connectivity index (χ4v) is 2.64. The Labute approximate surface area is 120 Å². The van der Waals surface area contributed by atoms with Gasteiger partial charge in [-0.25, -0.2) is 0 Å². The highest BCUT2D eigenvalue weighted by atomic mass is 79.9. The van der Waals surface area contributed by atoms with Crippen molar-refractivity contribution < 1.29 is 9.53 Å². The van der Waals surface area contributed by atoms with Crippen molar-refractivity contribution in [2.75, 3.05) is 0 Å². The van der Waals surface area contributed by atoms with E-state index in [1.807, 2.05) is 49.4 Å². The van der Waals surface area contributed by atoms with Gasteiger partial charge in [-0.3, -0.25) is 4.79 Å². The van der Waals surface area contributed by atoms with Gasteiger partial charge in [0.15, 0.2) is 5.78 Å². The van der Waals surface area contributed by atoms with Crippen LogP contribution in [-0.2, 0) is 0 Å². The predicted octanol–water partition coefficient (Wildman–Crippen LogP) is 4.46. The number of hydrogen-bond donors (Lipinski definition) is 0. The molecule has 3 rings (SSSR count). The van der Waals surface area contributed by atoms with Crippen LogP contribution >= 0.6 is 15.9 Å². The van der Waals surface area contributed by atoms with E-state index in [2.05, 4.69) is 15.9 Å². The average Bonchev–Trinajstić information content (AvgIpc) is 2.42. The Morgan fingerprint density at radius 2 is 1.95 bits per heavy atom. The number of rotatable bonds is 1. The Morgan fingerprint density at radius 1 is 1.21 bits per heavy atom. The fraction of sp³-hybridized carbons (Fsp3) is 0.188. The van der Waals surface area contributed by atoms with Crippen molar-refractivity contribution in [1.82, 2.24) is 0 Å². The van der Waals surface area contributed by atoms with Crippen LogP contribution in [0.4, 0.5) is 0 Å². The summed E-state index contributed by atoms with van der Waals surface area (Å²) < 4.78 is 6.93. The van der Waals surface area contributed by atoms with Gasteiger partial charge < -0.3 is 4.74 Å². The number of hydrogen-bond acceptors (Lipinski definition) is 2. The lowest BCUT2D eigenvalue weighted by Crippen LogP contribution is -2.20.